The zero-order chi connectivity index (χ0) is 28.4. The monoisotopic (exact) mass is 550 g/mol. The number of ether oxygens (including phenoxy) is 2. The van der Waals surface area contributed by atoms with Gasteiger partial charge in [-0.3, -0.25) is 9.59 Å². The van der Waals surface area contributed by atoms with Crippen LogP contribution in [0.25, 0.3) is 0 Å². The molecule has 3 rings (SSSR count). The molecule has 1 aliphatic heterocycles. The lowest BCUT2D eigenvalue weighted by Gasteiger charge is -2.36. The van der Waals surface area contributed by atoms with Gasteiger partial charge in [0, 0.05) is 26.2 Å². The molecule has 40 heavy (non-hydrogen) atoms. The molecule has 220 valence electrons. The summed E-state index contributed by atoms with van der Waals surface area (Å²) in [6, 6.07) is 14.3. The third-order valence-electron chi connectivity index (χ3n) is 7.61. The molecule has 0 spiro atoms. The summed E-state index contributed by atoms with van der Waals surface area (Å²) in [4.78, 5) is 29.9. The van der Waals surface area contributed by atoms with E-state index < -0.39 is 0 Å². The Balaban J connectivity index is 1.49. The van der Waals surface area contributed by atoms with Crippen LogP contribution in [0.4, 0.5) is 11.4 Å². The number of unbranched alkanes of at least 4 members (excludes halogenated alkanes) is 10. The lowest BCUT2D eigenvalue weighted by molar-refractivity contribution is 0.304. The van der Waals surface area contributed by atoms with Crippen molar-refractivity contribution in [3.63, 3.8) is 0 Å². The second-order valence-corrected chi connectivity index (χ2v) is 10.8. The minimum atomic E-state index is -0.00866. The van der Waals surface area contributed by atoms with Crippen LogP contribution in [-0.2, 0) is 0 Å². The van der Waals surface area contributed by atoms with Crippen LogP contribution in [0.15, 0.2) is 58.1 Å². The second kappa shape index (κ2) is 18.4. The molecule has 0 saturated carbocycles. The fourth-order valence-corrected chi connectivity index (χ4v) is 5.13. The summed E-state index contributed by atoms with van der Waals surface area (Å²) < 4.78 is 11.8. The largest absolute Gasteiger partial charge is 0.494 e. The average molecular weight is 551 g/mol. The molecule has 0 radical (unpaired) electrons. The first-order valence-electron chi connectivity index (χ1n) is 15.7. The highest BCUT2D eigenvalue weighted by atomic mass is 16.5. The predicted octanol–water partition coefficient (Wildman–Crippen LogP) is 7.21. The van der Waals surface area contributed by atoms with Gasteiger partial charge in [0.1, 0.15) is 11.5 Å². The van der Waals surface area contributed by atoms with E-state index in [-0.39, 0.29) is 10.9 Å². The van der Waals surface area contributed by atoms with Gasteiger partial charge in [-0.25, -0.2) is 0 Å². The van der Waals surface area contributed by atoms with Crippen molar-refractivity contribution in [2.24, 2.45) is 0 Å². The maximum atomic E-state index is 12.8. The highest BCUT2D eigenvalue weighted by molar-refractivity contribution is 5.52. The molecule has 1 heterocycles. The standard InChI is InChI=1S/C34H50N2O4/c1-3-5-7-9-11-13-27-39-29-15-19-31(33(37)21-17-29)35-23-25-36(26-24-35)32-20-16-30(18-22-34(32)38)40-28-14-12-10-8-6-4-2/h15-22H,3-14,23-28H2,1-2H3. The average Bonchev–Trinajstić information content (AvgIpc) is 3.27. The van der Waals surface area contributed by atoms with Crippen molar-refractivity contribution < 1.29 is 9.47 Å². The smallest absolute Gasteiger partial charge is 0.201 e. The fourth-order valence-electron chi connectivity index (χ4n) is 5.13. The molecular formula is C34H50N2O4. The summed E-state index contributed by atoms with van der Waals surface area (Å²) in [6.07, 6.45) is 14.6. The Kier molecular flexibility index (Phi) is 14.5. The highest BCUT2D eigenvalue weighted by Crippen LogP contribution is 2.19. The SMILES string of the molecule is CCCCCCCCOc1ccc(N2CCN(c3ccc(OCCCCCCCC)ccc3=O)CC2)c(=O)cc1. The third kappa shape index (κ3) is 10.9. The maximum Gasteiger partial charge on any atom is 0.201 e. The molecule has 0 amide bonds. The predicted molar refractivity (Wildman–Crippen MR) is 168 cm³/mol. The van der Waals surface area contributed by atoms with Crippen molar-refractivity contribution >= 4 is 11.4 Å². The first kappa shape index (κ1) is 31.5. The fraction of sp³-hybridized carbons (Fsp3) is 0.588. The van der Waals surface area contributed by atoms with Crippen LogP contribution in [0.3, 0.4) is 0 Å². The van der Waals surface area contributed by atoms with Crippen LogP contribution in [0.5, 0.6) is 11.5 Å². The van der Waals surface area contributed by atoms with E-state index in [0.717, 1.165) is 24.3 Å². The van der Waals surface area contributed by atoms with Gasteiger partial charge >= 0.3 is 0 Å². The van der Waals surface area contributed by atoms with Gasteiger partial charge in [-0.1, -0.05) is 78.1 Å². The summed E-state index contributed by atoms with van der Waals surface area (Å²) in [7, 11) is 0. The first-order valence-corrected chi connectivity index (χ1v) is 15.7. The van der Waals surface area contributed by atoms with Gasteiger partial charge in [0.15, 0.2) is 0 Å². The number of anilines is 2. The zero-order valence-corrected chi connectivity index (χ0v) is 24.9. The molecule has 0 bridgehead atoms. The molecule has 1 fully saturated rings. The Labute approximate surface area is 241 Å². The number of nitrogens with zero attached hydrogens (tertiary/aromatic N) is 2. The van der Waals surface area contributed by atoms with Gasteiger partial charge in [0.25, 0.3) is 0 Å². The zero-order valence-electron chi connectivity index (χ0n) is 24.9. The van der Waals surface area contributed by atoms with Crippen LogP contribution in [0.2, 0.25) is 0 Å². The number of hydrogen-bond donors (Lipinski definition) is 0. The van der Waals surface area contributed by atoms with Crippen molar-refractivity contribution in [1.82, 2.24) is 0 Å². The van der Waals surface area contributed by atoms with E-state index in [1.165, 1.54) is 64.2 Å². The van der Waals surface area contributed by atoms with Gasteiger partial charge in [-0.2, -0.15) is 0 Å². The van der Waals surface area contributed by atoms with Gasteiger partial charge < -0.3 is 19.3 Å². The van der Waals surface area contributed by atoms with Crippen LogP contribution in [-0.4, -0.2) is 39.4 Å². The molecule has 6 heteroatoms. The molecule has 0 N–H and O–H groups in total. The van der Waals surface area contributed by atoms with Crippen molar-refractivity contribution in [3.8, 4) is 11.5 Å². The summed E-state index contributed by atoms with van der Waals surface area (Å²) in [6.45, 7) is 8.50. The lowest BCUT2D eigenvalue weighted by atomic mass is 10.1. The number of rotatable bonds is 18. The molecule has 2 aromatic rings. The van der Waals surface area contributed by atoms with Gasteiger partial charge in [-0.15, -0.1) is 0 Å². The molecule has 1 saturated heterocycles. The number of piperazine rings is 1. The van der Waals surface area contributed by atoms with Gasteiger partial charge in [-0.05, 0) is 61.4 Å². The van der Waals surface area contributed by atoms with Gasteiger partial charge in [0.2, 0.25) is 10.9 Å². The summed E-state index contributed by atoms with van der Waals surface area (Å²) in [5, 5.41) is 0. The molecule has 0 aromatic heterocycles. The van der Waals surface area contributed by atoms with E-state index in [9.17, 15) is 9.59 Å². The van der Waals surface area contributed by atoms with Crippen molar-refractivity contribution in [2.45, 2.75) is 90.9 Å². The summed E-state index contributed by atoms with van der Waals surface area (Å²) >= 11 is 0. The van der Waals surface area contributed by atoms with Crippen LogP contribution in [0, 0.1) is 0 Å². The van der Waals surface area contributed by atoms with Crippen LogP contribution >= 0.6 is 0 Å². The van der Waals surface area contributed by atoms with Crippen LogP contribution in [0.1, 0.15) is 90.9 Å². The third-order valence-corrected chi connectivity index (χ3v) is 7.61. The first-order chi connectivity index (χ1) is 19.6. The molecule has 0 atom stereocenters. The topological polar surface area (TPSA) is 59.1 Å². The normalized spacial score (nSPS) is 13.3. The Morgan fingerprint density at radius 2 is 0.850 bits per heavy atom. The van der Waals surface area contributed by atoms with E-state index >= 15 is 0 Å². The van der Waals surface area contributed by atoms with E-state index in [0.29, 0.717) is 50.8 Å². The second-order valence-electron chi connectivity index (χ2n) is 10.8. The Morgan fingerprint density at radius 3 is 1.25 bits per heavy atom. The Bertz CT molecular complexity index is 1030. The van der Waals surface area contributed by atoms with E-state index in [1.807, 2.05) is 24.3 Å². The quantitative estimate of drug-likeness (QED) is 0.183. The van der Waals surface area contributed by atoms with E-state index in [2.05, 4.69) is 23.6 Å². The van der Waals surface area contributed by atoms with E-state index in [4.69, 9.17) is 9.47 Å². The Morgan fingerprint density at radius 1 is 0.500 bits per heavy atom. The van der Waals surface area contributed by atoms with Crippen molar-refractivity contribution in [2.75, 3.05) is 49.2 Å². The summed E-state index contributed by atoms with van der Waals surface area (Å²) in [5.74, 6) is 1.47. The number of hydrogen-bond acceptors (Lipinski definition) is 6. The van der Waals surface area contributed by atoms with Crippen LogP contribution < -0.4 is 30.1 Å². The van der Waals surface area contributed by atoms with Gasteiger partial charge in [0.05, 0.1) is 24.6 Å². The summed E-state index contributed by atoms with van der Waals surface area (Å²) in [5.41, 5.74) is 1.34. The van der Waals surface area contributed by atoms with Crippen molar-refractivity contribution in [3.05, 3.63) is 69.0 Å². The minimum Gasteiger partial charge on any atom is -0.494 e. The minimum absolute atomic E-state index is 0.00866. The Hall–Kier alpha value is -3.02. The molecular weight excluding hydrogens is 500 g/mol. The molecule has 0 unspecified atom stereocenters. The lowest BCUT2D eigenvalue weighted by Crippen LogP contribution is -2.48. The maximum absolute atomic E-state index is 12.8. The van der Waals surface area contributed by atoms with E-state index in [1.54, 1.807) is 24.3 Å². The molecule has 2 aromatic carbocycles. The van der Waals surface area contributed by atoms with Crippen molar-refractivity contribution in [1.29, 1.82) is 0 Å². The highest BCUT2D eigenvalue weighted by Gasteiger charge is 2.20. The molecule has 1 aliphatic rings. The molecule has 6 nitrogen and oxygen atoms in total. The molecule has 0 aliphatic carbocycles.